The average molecular weight is 342 g/mol. The molecule has 3 aromatic rings. The predicted octanol–water partition coefficient (Wildman–Crippen LogP) is 3.74. The van der Waals surface area contributed by atoms with Gasteiger partial charge in [-0.05, 0) is 30.7 Å². The number of hydrogen-bond donors (Lipinski definition) is 1. The first-order chi connectivity index (χ1) is 11.7. The lowest BCUT2D eigenvalue weighted by Crippen LogP contribution is -1.92. The maximum Gasteiger partial charge on any atom is 0.209 e. The fourth-order valence-corrected chi connectivity index (χ4v) is 3.09. The van der Waals surface area contributed by atoms with E-state index in [9.17, 15) is 0 Å². The van der Waals surface area contributed by atoms with E-state index in [2.05, 4.69) is 27.1 Å². The first-order valence-corrected chi connectivity index (χ1v) is 8.30. The number of aromatic amines is 1. The second-order valence-electron chi connectivity index (χ2n) is 5.08. The third-order valence-corrected chi connectivity index (χ3v) is 4.58. The van der Waals surface area contributed by atoms with Crippen LogP contribution in [0.2, 0.25) is 0 Å². The number of H-pyrrole nitrogens is 1. The molecule has 6 nitrogen and oxygen atoms in total. The third-order valence-electron chi connectivity index (χ3n) is 3.56. The first kappa shape index (κ1) is 16.3. The lowest BCUT2D eigenvalue weighted by Gasteiger charge is -2.08. The highest BCUT2D eigenvalue weighted by Gasteiger charge is 2.15. The van der Waals surface area contributed by atoms with E-state index in [1.54, 1.807) is 32.2 Å². The Kier molecular flexibility index (Phi) is 5.00. The normalized spacial score (nSPS) is 12.0. The zero-order valence-corrected chi connectivity index (χ0v) is 14.5. The zero-order valence-electron chi connectivity index (χ0n) is 13.7. The van der Waals surface area contributed by atoms with Crippen LogP contribution in [0.25, 0.3) is 11.4 Å². The van der Waals surface area contributed by atoms with Gasteiger partial charge < -0.3 is 9.47 Å². The zero-order chi connectivity index (χ0) is 16.9. The van der Waals surface area contributed by atoms with E-state index in [-0.39, 0.29) is 5.25 Å². The second kappa shape index (κ2) is 7.35. The molecule has 1 unspecified atom stereocenters. The molecule has 0 aliphatic rings. The molecule has 0 bridgehead atoms. The van der Waals surface area contributed by atoms with Gasteiger partial charge in [-0.2, -0.15) is 0 Å². The third kappa shape index (κ3) is 3.51. The summed E-state index contributed by atoms with van der Waals surface area (Å²) in [4.78, 5) is 8.71. The largest absolute Gasteiger partial charge is 0.497 e. The van der Waals surface area contributed by atoms with Gasteiger partial charge in [0.05, 0.1) is 19.8 Å². The smallest absolute Gasteiger partial charge is 0.209 e. The quantitative estimate of drug-likeness (QED) is 0.688. The van der Waals surface area contributed by atoms with Gasteiger partial charge in [-0.25, -0.2) is 4.98 Å². The van der Waals surface area contributed by atoms with Crippen LogP contribution in [0.3, 0.4) is 0 Å². The molecule has 124 valence electrons. The summed E-state index contributed by atoms with van der Waals surface area (Å²) in [5.41, 5.74) is 1.97. The molecule has 1 atom stereocenters. The van der Waals surface area contributed by atoms with Gasteiger partial charge in [-0.3, -0.25) is 10.1 Å². The summed E-state index contributed by atoms with van der Waals surface area (Å²) in [6.07, 6.45) is 3.62. The standard InChI is InChI=1S/C17H18N4O2S/c1-11(12-5-4-8-18-10-12)24-17-19-16(20-21-17)14-7-6-13(22-2)9-15(14)23-3/h4-11H,1-3H3,(H,19,20,21). The van der Waals surface area contributed by atoms with Crippen molar-refractivity contribution in [3.05, 3.63) is 48.3 Å². The maximum atomic E-state index is 5.42. The highest BCUT2D eigenvalue weighted by molar-refractivity contribution is 7.99. The number of hydrogen-bond acceptors (Lipinski definition) is 6. The van der Waals surface area contributed by atoms with Crippen molar-refractivity contribution in [3.8, 4) is 22.9 Å². The molecule has 0 fully saturated rings. The van der Waals surface area contributed by atoms with Crippen LogP contribution in [0.4, 0.5) is 0 Å². The minimum Gasteiger partial charge on any atom is -0.497 e. The van der Waals surface area contributed by atoms with Crippen LogP contribution in [-0.2, 0) is 0 Å². The van der Waals surface area contributed by atoms with Crippen LogP contribution in [-0.4, -0.2) is 34.4 Å². The SMILES string of the molecule is COc1ccc(-c2nc(SC(C)c3cccnc3)n[nH]2)c(OC)c1. The fourth-order valence-electron chi connectivity index (χ4n) is 2.26. The molecule has 0 aliphatic carbocycles. The molecule has 1 N–H and O–H groups in total. The Bertz CT molecular complexity index is 807. The van der Waals surface area contributed by atoms with Crippen molar-refractivity contribution in [1.82, 2.24) is 20.2 Å². The summed E-state index contributed by atoms with van der Waals surface area (Å²) in [6.45, 7) is 2.10. The molecule has 24 heavy (non-hydrogen) atoms. The van der Waals surface area contributed by atoms with Crippen molar-refractivity contribution in [2.45, 2.75) is 17.3 Å². The fraction of sp³-hybridized carbons (Fsp3) is 0.235. The minimum absolute atomic E-state index is 0.208. The maximum absolute atomic E-state index is 5.42. The number of thioether (sulfide) groups is 1. The van der Waals surface area contributed by atoms with E-state index in [1.165, 1.54) is 0 Å². The number of methoxy groups -OCH3 is 2. The van der Waals surface area contributed by atoms with Crippen LogP contribution in [0.15, 0.2) is 47.9 Å². The molecule has 3 rings (SSSR count). The Morgan fingerprint density at radius 3 is 2.75 bits per heavy atom. The van der Waals surface area contributed by atoms with Crippen molar-refractivity contribution in [1.29, 1.82) is 0 Å². The van der Waals surface area contributed by atoms with Crippen molar-refractivity contribution in [2.24, 2.45) is 0 Å². The van der Waals surface area contributed by atoms with Crippen LogP contribution in [0.5, 0.6) is 11.5 Å². The second-order valence-corrected chi connectivity index (χ2v) is 6.39. The number of ether oxygens (including phenoxy) is 2. The average Bonchev–Trinajstić information content (AvgIpc) is 3.10. The van der Waals surface area contributed by atoms with E-state index in [0.717, 1.165) is 16.9 Å². The minimum atomic E-state index is 0.208. The molecule has 2 heterocycles. The molecule has 0 saturated carbocycles. The van der Waals surface area contributed by atoms with Crippen LogP contribution >= 0.6 is 11.8 Å². The molecule has 2 aromatic heterocycles. The van der Waals surface area contributed by atoms with Gasteiger partial charge in [-0.15, -0.1) is 5.10 Å². The van der Waals surface area contributed by atoms with Gasteiger partial charge >= 0.3 is 0 Å². The van der Waals surface area contributed by atoms with Gasteiger partial charge in [0.2, 0.25) is 5.16 Å². The van der Waals surface area contributed by atoms with Gasteiger partial charge in [0.1, 0.15) is 11.5 Å². The monoisotopic (exact) mass is 342 g/mol. The Hall–Kier alpha value is -2.54. The molecule has 0 aliphatic heterocycles. The summed E-state index contributed by atoms with van der Waals surface area (Å²) in [6, 6.07) is 9.56. The number of rotatable bonds is 6. The van der Waals surface area contributed by atoms with Gasteiger partial charge in [-0.1, -0.05) is 17.8 Å². The highest BCUT2D eigenvalue weighted by atomic mass is 32.2. The van der Waals surface area contributed by atoms with Crippen molar-refractivity contribution in [2.75, 3.05) is 14.2 Å². The molecule has 1 aromatic carbocycles. The van der Waals surface area contributed by atoms with Crippen LogP contribution < -0.4 is 9.47 Å². The number of nitrogens with zero attached hydrogens (tertiary/aromatic N) is 3. The Balaban J connectivity index is 1.81. The molecular weight excluding hydrogens is 324 g/mol. The van der Waals surface area contributed by atoms with Gasteiger partial charge in [0.15, 0.2) is 5.82 Å². The highest BCUT2D eigenvalue weighted by Crippen LogP contribution is 2.35. The van der Waals surface area contributed by atoms with E-state index in [4.69, 9.17) is 9.47 Å². The van der Waals surface area contributed by atoms with Crippen molar-refractivity contribution < 1.29 is 9.47 Å². The molecule has 0 radical (unpaired) electrons. The van der Waals surface area contributed by atoms with Gasteiger partial charge in [0.25, 0.3) is 0 Å². The molecule has 0 spiro atoms. The van der Waals surface area contributed by atoms with E-state index in [0.29, 0.717) is 16.7 Å². The number of nitrogens with one attached hydrogen (secondary N) is 1. The van der Waals surface area contributed by atoms with E-state index in [1.807, 2.05) is 36.5 Å². The lowest BCUT2D eigenvalue weighted by atomic mass is 10.2. The van der Waals surface area contributed by atoms with Crippen molar-refractivity contribution >= 4 is 11.8 Å². The summed E-state index contributed by atoms with van der Waals surface area (Å²) < 4.78 is 10.6. The Morgan fingerprint density at radius 2 is 2.04 bits per heavy atom. The predicted molar refractivity (Wildman–Crippen MR) is 93.4 cm³/mol. The topological polar surface area (TPSA) is 72.9 Å². The van der Waals surface area contributed by atoms with Crippen LogP contribution in [0.1, 0.15) is 17.7 Å². The molecule has 0 amide bonds. The van der Waals surface area contributed by atoms with Crippen molar-refractivity contribution in [3.63, 3.8) is 0 Å². The molecular formula is C17H18N4O2S. The van der Waals surface area contributed by atoms with Gasteiger partial charge in [0, 0.05) is 23.7 Å². The lowest BCUT2D eigenvalue weighted by molar-refractivity contribution is 0.395. The summed E-state index contributed by atoms with van der Waals surface area (Å²) in [5, 5.41) is 8.16. The summed E-state index contributed by atoms with van der Waals surface area (Å²) >= 11 is 1.57. The first-order valence-electron chi connectivity index (χ1n) is 7.42. The number of aromatic nitrogens is 4. The van der Waals surface area contributed by atoms with Crippen LogP contribution in [0, 0.1) is 0 Å². The Morgan fingerprint density at radius 1 is 1.17 bits per heavy atom. The van der Waals surface area contributed by atoms with E-state index < -0.39 is 0 Å². The molecule has 0 saturated heterocycles. The Labute approximate surface area is 144 Å². The van der Waals surface area contributed by atoms with E-state index >= 15 is 0 Å². The number of benzene rings is 1. The summed E-state index contributed by atoms with van der Waals surface area (Å²) in [7, 11) is 3.24. The molecule has 7 heteroatoms. The summed E-state index contributed by atoms with van der Waals surface area (Å²) in [5.74, 6) is 2.08. The number of pyridine rings is 1.